The lowest BCUT2D eigenvalue weighted by atomic mass is 9.95. The molecule has 0 bridgehead atoms. The van der Waals surface area contributed by atoms with Crippen molar-refractivity contribution in [3.8, 4) is 0 Å². The van der Waals surface area contributed by atoms with E-state index in [0.29, 0.717) is 0 Å². The number of rotatable bonds is 4. The predicted octanol–water partition coefficient (Wildman–Crippen LogP) is 2.50. The van der Waals surface area contributed by atoms with E-state index in [4.69, 9.17) is 0 Å². The molecule has 2 rings (SSSR count). The van der Waals surface area contributed by atoms with Gasteiger partial charge < -0.3 is 10.2 Å². The molecular formula is C14H28N2. The Hall–Kier alpha value is -0.0800. The van der Waals surface area contributed by atoms with Gasteiger partial charge in [0.05, 0.1) is 0 Å². The van der Waals surface area contributed by atoms with Crippen molar-refractivity contribution in [3.63, 3.8) is 0 Å². The highest BCUT2D eigenvalue weighted by Crippen LogP contribution is 2.33. The molecule has 1 saturated heterocycles. The number of nitrogens with zero attached hydrogens (tertiary/aromatic N) is 1. The van der Waals surface area contributed by atoms with Crippen LogP contribution >= 0.6 is 0 Å². The summed E-state index contributed by atoms with van der Waals surface area (Å²) in [5.74, 6) is 1.96. The second-order valence-corrected chi connectivity index (χ2v) is 5.78. The van der Waals surface area contributed by atoms with E-state index in [1.807, 2.05) is 0 Å². The third-order valence-electron chi connectivity index (χ3n) is 4.75. The smallest absolute Gasteiger partial charge is 0.00979 e. The fraction of sp³-hybridized carbons (Fsp3) is 1.00. The Labute approximate surface area is 101 Å². The molecule has 0 aromatic rings. The lowest BCUT2D eigenvalue weighted by molar-refractivity contribution is 0.131. The maximum atomic E-state index is 3.32. The van der Waals surface area contributed by atoms with Crippen LogP contribution < -0.4 is 5.32 Å². The summed E-state index contributed by atoms with van der Waals surface area (Å²) in [6.45, 7) is 6.28. The number of nitrogens with one attached hydrogen (secondary N) is 1. The van der Waals surface area contributed by atoms with Crippen LogP contribution in [0.5, 0.6) is 0 Å². The molecule has 0 radical (unpaired) electrons. The van der Waals surface area contributed by atoms with Gasteiger partial charge in [0.2, 0.25) is 0 Å². The summed E-state index contributed by atoms with van der Waals surface area (Å²) in [5.41, 5.74) is 0. The first-order valence-electron chi connectivity index (χ1n) is 7.22. The zero-order chi connectivity index (χ0) is 11.4. The topological polar surface area (TPSA) is 15.3 Å². The van der Waals surface area contributed by atoms with Crippen molar-refractivity contribution in [2.75, 3.05) is 26.7 Å². The molecule has 1 saturated carbocycles. The van der Waals surface area contributed by atoms with E-state index in [0.717, 1.165) is 17.9 Å². The van der Waals surface area contributed by atoms with Gasteiger partial charge in [0.1, 0.15) is 0 Å². The lowest BCUT2D eigenvalue weighted by Crippen LogP contribution is -2.41. The average molecular weight is 224 g/mol. The molecule has 2 nitrogen and oxygen atoms in total. The van der Waals surface area contributed by atoms with Gasteiger partial charge in [0.25, 0.3) is 0 Å². The first-order valence-corrected chi connectivity index (χ1v) is 7.22. The molecule has 0 spiro atoms. The summed E-state index contributed by atoms with van der Waals surface area (Å²) in [5, 5.41) is 3.32. The molecule has 2 atom stereocenters. The summed E-state index contributed by atoms with van der Waals surface area (Å²) < 4.78 is 0. The van der Waals surface area contributed by atoms with Crippen molar-refractivity contribution in [2.24, 2.45) is 11.8 Å². The molecule has 1 aliphatic carbocycles. The van der Waals surface area contributed by atoms with E-state index in [-0.39, 0.29) is 0 Å². The lowest BCUT2D eigenvalue weighted by Gasteiger charge is -2.36. The molecule has 0 amide bonds. The van der Waals surface area contributed by atoms with Gasteiger partial charge in [-0.15, -0.1) is 0 Å². The van der Waals surface area contributed by atoms with Crippen molar-refractivity contribution < 1.29 is 0 Å². The van der Waals surface area contributed by atoms with Crippen LogP contribution in [0.1, 0.15) is 45.4 Å². The molecule has 0 aromatic carbocycles. The first kappa shape index (κ1) is 12.4. The van der Waals surface area contributed by atoms with Gasteiger partial charge in [0.15, 0.2) is 0 Å². The number of hydrogen-bond donors (Lipinski definition) is 1. The summed E-state index contributed by atoms with van der Waals surface area (Å²) >= 11 is 0. The molecule has 1 aliphatic heterocycles. The minimum Gasteiger partial charge on any atom is -0.319 e. The molecule has 1 N–H and O–H groups in total. The molecule has 2 aliphatic rings. The maximum absolute atomic E-state index is 3.32. The van der Waals surface area contributed by atoms with Crippen LogP contribution in [-0.2, 0) is 0 Å². The fourth-order valence-corrected chi connectivity index (χ4v) is 3.56. The first-order chi connectivity index (χ1) is 7.83. The number of piperidine rings is 1. The zero-order valence-electron chi connectivity index (χ0n) is 11.0. The Morgan fingerprint density at radius 3 is 2.38 bits per heavy atom. The minimum absolute atomic E-state index is 0.931. The minimum atomic E-state index is 0.931. The second kappa shape index (κ2) is 6.02. The zero-order valence-corrected chi connectivity index (χ0v) is 11.0. The average Bonchev–Trinajstić information content (AvgIpc) is 2.79. The molecule has 1 heterocycles. The van der Waals surface area contributed by atoms with E-state index in [9.17, 15) is 0 Å². The number of hydrogen-bond acceptors (Lipinski definition) is 2. The Morgan fingerprint density at radius 1 is 1.06 bits per heavy atom. The van der Waals surface area contributed by atoms with Gasteiger partial charge in [-0.25, -0.2) is 0 Å². The Kier molecular flexibility index (Phi) is 4.66. The van der Waals surface area contributed by atoms with E-state index in [1.165, 1.54) is 58.2 Å². The largest absolute Gasteiger partial charge is 0.319 e. The van der Waals surface area contributed by atoms with Crippen LogP contribution in [0, 0.1) is 11.8 Å². The highest BCUT2D eigenvalue weighted by atomic mass is 15.2. The van der Waals surface area contributed by atoms with Crippen molar-refractivity contribution in [2.45, 2.75) is 51.5 Å². The Morgan fingerprint density at radius 2 is 1.81 bits per heavy atom. The molecule has 0 aromatic heterocycles. The molecule has 2 fully saturated rings. The second-order valence-electron chi connectivity index (χ2n) is 5.78. The maximum Gasteiger partial charge on any atom is 0.00979 e. The molecule has 2 unspecified atom stereocenters. The van der Waals surface area contributed by atoms with E-state index < -0.39 is 0 Å². The van der Waals surface area contributed by atoms with Crippen molar-refractivity contribution >= 4 is 0 Å². The van der Waals surface area contributed by atoms with Gasteiger partial charge in [0, 0.05) is 6.04 Å². The highest BCUT2D eigenvalue weighted by molar-refractivity contribution is 4.85. The normalized spacial score (nSPS) is 33.4. The van der Waals surface area contributed by atoms with Crippen LogP contribution in [0.4, 0.5) is 0 Å². The van der Waals surface area contributed by atoms with Gasteiger partial charge >= 0.3 is 0 Å². The third kappa shape index (κ3) is 2.98. The predicted molar refractivity (Wildman–Crippen MR) is 69.6 cm³/mol. The Balaban J connectivity index is 1.72. The van der Waals surface area contributed by atoms with Crippen LogP contribution in [0.3, 0.4) is 0 Å². The van der Waals surface area contributed by atoms with Gasteiger partial charge in [-0.2, -0.15) is 0 Å². The van der Waals surface area contributed by atoms with Crippen molar-refractivity contribution in [1.29, 1.82) is 0 Å². The van der Waals surface area contributed by atoms with Crippen LogP contribution in [0.2, 0.25) is 0 Å². The van der Waals surface area contributed by atoms with Gasteiger partial charge in [-0.1, -0.05) is 13.3 Å². The van der Waals surface area contributed by atoms with Crippen LogP contribution in [-0.4, -0.2) is 37.6 Å². The number of likely N-dealkylation sites (tertiary alicyclic amines) is 1. The van der Waals surface area contributed by atoms with Crippen molar-refractivity contribution in [3.05, 3.63) is 0 Å². The van der Waals surface area contributed by atoms with E-state index in [2.05, 4.69) is 24.2 Å². The molecule has 94 valence electrons. The highest BCUT2D eigenvalue weighted by Gasteiger charge is 2.30. The SMILES string of the molecule is CCC1CCC(N2CCC(CNC)CC2)C1. The fourth-order valence-electron chi connectivity index (χ4n) is 3.56. The molecule has 2 heteroatoms. The van der Waals surface area contributed by atoms with Crippen molar-refractivity contribution in [1.82, 2.24) is 10.2 Å². The van der Waals surface area contributed by atoms with Gasteiger partial charge in [-0.05, 0) is 70.6 Å². The molecule has 16 heavy (non-hydrogen) atoms. The van der Waals surface area contributed by atoms with Crippen LogP contribution in [0.15, 0.2) is 0 Å². The monoisotopic (exact) mass is 224 g/mol. The summed E-state index contributed by atoms with van der Waals surface area (Å²) in [6, 6.07) is 0.931. The molecular weight excluding hydrogens is 196 g/mol. The summed E-state index contributed by atoms with van der Waals surface area (Å²) in [4.78, 5) is 2.78. The van der Waals surface area contributed by atoms with Gasteiger partial charge in [-0.3, -0.25) is 0 Å². The van der Waals surface area contributed by atoms with E-state index in [1.54, 1.807) is 0 Å². The van der Waals surface area contributed by atoms with Crippen LogP contribution in [0.25, 0.3) is 0 Å². The standard InChI is InChI=1S/C14H28N2/c1-3-12-4-5-14(10-12)16-8-6-13(7-9-16)11-15-2/h12-15H,3-11H2,1-2H3. The third-order valence-corrected chi connectivity index (χ3v) is 4.75. The Bertz CT molecular complexity index is 197. The quantitative estimate of drug-likeness (QED) is 0.789. The summed E-state index contributed by atoms with van der Waals surface area (Å²) in [6.07, 6.45) is 8.65. The van der Waals surface area contributed by atoms with E-state index >= 15 is 0 Å². The summed E-state index contributed by atoms with van der Waals surface area (Å²) in [7, 11) is 2.08.